The molecule has 0 aromatic heterocycles. The van der Waals surface area contributed by atoms with Crippen LogP contribution in [0, 0.1) is 5.82 Å². The van der Waals surface area contributed by atoms with Crippen LogP contribution in [0.4, 0.5) is 4.39 Å². The quantitative estimate of drug-likeness (QED) is 0.844. The molecule has 15 heavy (non-hydrogen) atoms. The molecule has 0 spiro atoms. The van der Waals surface area contributed by atoms with Gasteiger partial charge in [-0.3, -0.25) is 0 Å². The Hall–Kier alpha value is -0.940. The van der Waals surface area contributed by atoms with Crippen molar-refractivity contribution in [2.75, 3.05) is 7.11 Å². The molecule has 0 aliphatic rings. The SMILES string of the molecule is COC(=O)c1cc(F)c(C(C)O)c(Br)c1. The minimum atomic E-state index is -0.939. The van der Waals surface area contributed by atoms with E-state index in [0.717, 1.165) is 6.07 Å². The molecular weight excluding hydrogens is 267 g/mol. The van der Waals surface area contributed by atoms with Crippen LogP contribution in [-0.2, 0) is 4.74 Å². The average Bonchev–Trinajstić information content (AvgIpc) is 2.14. The Bertz CT molecular complexity index is 367. The van der Waals surface area contributed by atoms with E-state index in [9.17, 15) is 14.3 Å². The molecule has 1 atom stereocenters. The number of halogens is 2. The first-order valence-corrected chi connectivity index (χ1v) is 5.02. The molecule has 0 aliphatic carbocycles. The van der Waals surface area contributed by atoms with E-state index in [2.05, 4.69) is 20.7 Å². The lowest BCUT2D eigenvalue weighted by Crippen LogP contribution is -2.05. The average molecular weight is 277 g/mol. The van der Waals surface area contributed by atoms with Gasteiger partial charge in [0.1, 0.15) is 5.82 Å². The van der Waals surface area contributed by atoms with E-state index in [1.165, 1.54) is 20.1 Å². The highest BCUT2D eigenvalue weighted by Crippen LogP contribution is 2.27. The largest absolute Gasteiger partial charge is 0.465 e. The molecule has 0 aliphatic heterocycles. The summed E-state index contributed by atoms with van der Waals surface area (Å²) in [5.41, 5.74) is 0.230. The summed E-state index contributed by atoms with van der Waals surface area (Å²) < 4.78 is 18.3. The highest BCUT2D eigenvalue weighted by molar-refractivity contribution is 9.10. The summed E-state index contributed by atoms with van der Waals surface area (Å²) in [6, 6.07) is 2.45. The summed E-state index contributed by atoms with van der Waals surface area (Å²) in [4.78, 5) is 11.1. The number of benzene rings is 1. The highest BCUT2D eigenvalue weighted by Gasteiger charge is 2.16. The molecular formula is C10H10BrFO3. The molecule has 1 N–H and O–H groups in total. The van der Waals surface area contributed by atoms with Crippen LogP contribution in [0.15, 0.2) is 16.6 Å². The molecule has 1 unspecified atom stereocenters. The Morgan fingerprint density at radius 2 is 2.20 bits per heavy atom. The molecule has 0 saturated heterocycles. The Labute approximate surface area is 95.0 Å². The predicted octanol–water partition coefficient (Wildman–Crippen LogP) is 2.43. The second-order valence-corrected chi connectivity index (χ2v) is 3.88. The van der Waals surface area contributed by atoms with Gasteiger partial charge in [-0.1, -0.05) is 15.9 Å². The van der Waals surface area contributed by atoms with Crippen molar-refractivity contribution in [2.45, 2.75) is 13.0 Å². The zero-order chi connectivity index (χ0) is 11.6. The van der Waals surface area contributed by atoms with E-state index in [1.54, 1.807) is 0 Å². The Morgan fingerprint density at radius 1 is 1.60 bits per heavy atom. The number of carbonyl (C=O) groups is 1. The predicted molar refractivity (Wildman–Crippen MR) is 56.1 cm³/mol. The smallest absolute Gasteiger partial charge is 0.337 e. The summed E-state index contributed by atoms with van der Waals surface area (Å²) in [6.45, 7) is 1.45. The van der Waals surface area contributed by atoms with Gasteiger partial charge in [0.2, 0.25) is 0 Å². The Balaban J connectivity index is 3.25. The van der Waals surface area contributed by atoms with Crippen LogP contribution in [0.2, 0.25) is 0 Å². The van der Waals surface area contributed by atoms with E-state index < -0.39 is 17.9 Å². The van der Waals surface area contributed by atoms with E-state index in [1.807, 2.05) is 0 Å². The normalized spacial score (nSPS) is 12.3. The number of carbonyl (C=O) groups excluding carboxylic acids is 1. The second kappa shape index (κ2) is 4.72. The maximum absolute atomic E-state index is 13.5. The topological polar surface area (TPSA) is 46.5 Å². The number of aliphatic hydroxyl groups is 1. The van der Waals surface area contributed by atoms with Gasteiger partial charge in [0.15, 0.2) is 0 Å². The van der Waals surface area contributed by atoms with Crippen LogP contribution >= 0.6 is 15.9 Å². The van der Waals surface area contributed by atoms with Gasteiger partial charge in [0.05, 0.1) is 18.8 Å². The molecule has 82 valence electrons. The summed E-state index contributed by atoms with van der Waals surface area (Å²) in [7, 11) is 1.22. The van der Waals surface area contributed by atoms with Gasteiger partial charge in [-0.05, 0) is 19.1 Å². The minimum Gasteiger partial charge on any atom is -0.465 e. The van der Waals surface area contributed by atoms with Gasteiger partial charge in [0.25, 0.3) is 0 Å². The van der Waals surface area contributed by atoms with Crippen molar-refractivity contribution in [3.8, 4) is 0 Å². The van der Waals surface area contributed by atoms with Gasteiger partial charge >= 0.3 is 5.97 Å². The lowest BCUT2D eigenvalue weighted by Gasteiger charge is -2.10. The van der Waals surface area contributed by atoms with Crippen LogP contribution in [0.1, 0.15) is 28.9 Å². The summed E-state index contributed by atoms with van der Waals surface area (Å²) in [6.07, 6.45) is -0.939. The zero-order valence-corrected chi connectivity index (χ0v) is 9.84. The van der Waals surface area contributed by atoms with Crippen LogP contribution in [0.5, 0.6) is 0 Å². The first-order valence-electron chi connectivity index (χ1n) is 4.22. The number of hydrogen-bond donors (Lipinski definition) is 1. The van der Waals surface area contributed by atoms with Crippen molar-refractivity contribution in [1.82, 2.24) is 0 Å². The maximum atomic E-state index is 13.5. The molecule has 1 aromatic rings. The maximum Gasteiger partial charge on any atom is 0.337 e. The molecule has 3 nitrogen and oxygen atoms in total. The van der Waals surface area contributed by atoms with Gasteiger partial charge in [-0.2, -0.15) is 0 Å². The Kier molecular flexibility index (Phi) is 3.82. The second-order valence-electron chi connectivity index (χ2n) is 3.02. The van der Waals surface area contributed by atoms with Crippen LogP contribution < -0.4 is 0 Å². The molecule has 0 amide bonds. The van der Waals surface area contributed by atoms with E-state index >= 15 is 0 Å². The highest BCUT2D eigenvalue weighted by atomic mass is 79.9. The van der Waals surface area contributed by atoms with E-state index in [4.69, 9.17) is 0 Å². The Morgan fingerprint density at radius 3 is 2.60 bits per heavy atom. The third-order valence-electron chi connectivity index (χ3n) is 1.92. The molecule has 5 heteroatoms. The third-order valence-corrected chi connectivity index (χ3v) is 2.57. The van der Waals surface area contributed by atoms with Gasteiger partial charge in [-0.15, -0.1) is 0 Å². The molecule has 1 rings (SSSR count). The van der Waals surface area contributed by atoms with Gasteiger partial charge < -0.3 is 9.84 Å². The van der Waals surface area contributed by atoms with Gasteiger partial charge in [-0.25, -0.2) is 9.18 Å². The number of hydrogen-bond acceptors (Lipinski definition) is 3. The van der Waals surface area contributed by atoms with Crippen molar-refractivity contribution in [1.29, 1.82) is 0 Å². The fourth-order valence-electron chi connectivity index (χ4n) is 1.22. The monoisotopic (exact) mass is 276 g/mol. The minimum absolute atomic E-state index is 0.103. The third kappa shape index (κ3) is 2.54. The number of rotatable bonds is 2. The summed E-state index contributed by atoms with van der Waals surface area (Å²) >= 11 is 3.09. The molecule has 0 saturated carbocycles. The van der Waals surface area contributed by atoms with Crippen molar-refractivity contribution in [3.63, 3.8) is 0 Å². The standard InChI is InChI=1S/C10H10BrFO3/c1-5(13)9-7(11)3-6(4-8(9)12)10(14)15-2/h3-5,13H,1-2H3. The van der Waals surface area contributed by atoms with Crippen molar-refractivity contribution in [2.24, 2.45) is 0 Å². The fourth-order valence-corrected chi connectivity index (χ4v) is 1.99. The lowest BCUT2D eigenvalue weighted by molar-refractivity contribution is 0.0599. The fraction of sp³-hybridized carbons (Fsp3) is 0.300. The number of aliphatic hydroxyl groups excluding tert-OH is 1. The molecule has 0 fully saturated rings. The number of methoxy groups -OCH3 is 1. The van der Waals surface area contributed by atoms with Crippen LogP contribution in [0.3, 0.4) is 0 Å². The van der Waals surface area contributed by atoms with Crippen molar-refractivity contribution in [3.05, 3.63) is 33.5 Å². The van der Waals surface area contributed by atoms with Crippen LogP contribution in [-0.4, -0.2) is 18.2 Å². The number of esters is 1. The summed E-state index contributed by atoms with van der Waals surface area (Å²) in [5.74, 6) is -1.26. The first kappa shape index (κ1) is 12.1. The zero-order valence-electron chi connectivity index (χ0n) is 8.25. The molecule has 0 heterocycles. The molecule has 1 aromatic carbocycles. The van der Waals surface area contributed by atoms with Gasteiger partial charge in [0, 0.05) is 10.0 Å². The van der Waals surface area contributed by atoms with E-state index in [-0.39, 0.29) is 11.1 Å². The molecule has 0 radical (unpaired) electrons. The van der Waals surface area contributed by atoms with E-state index in [0.29, 0.717) is 4.47 Å². The lowest BCUT2D eigenvalue weighted by atomic mass is 10.1. The number of ether oxygens (including phenoxy) is 1. The molecule has 0 bridgehead atoms. The summed E-state index contributed by atoms with van der Waals surface area (Å²) in [5, 5.41) is 9.29. The van der Waals surface area contributed by atoms with Crippen molar-refractivity contribution >= 4 is 21.9 Å². The first-order chi connectivity index (χ1) is 6.97. The van der Waals surface area contributed by atoms with Crippen LogP contribution in [0.25, 0.3) is 0 Å². The van der Waals surface area contributed by atoms with Crippen molar-refractivity contribution < 1.29 is 19.0 Å².